The fraction of sp³-hybridized carbons (Fsp3) is 0.278. The Morgan fingerprint density at radius 2 is 1.48 bits per heavy atom. The lowest BCUT2D eigenvalue weighted by Gasteiger charge is -2.20. The Kier molecular flexibility index (Phi) is 5.42. The van der Waals surface area contributed by atoms with Crippen LogP contribution in [0.4, 0.5) is 24.5 Å². The van der Waals surface area contributed by atoms with Gasteiger partial charge in [-0.3, -0.25) is 4.99 Å². The molecule has 0 aliphatic heterocycles. The molecule has 0 amide bonds. The van der Waals surface area contributed by atoms with Gasteiger partial charge in [-0.25, -0.2) is 0 Å². The third-order valence-corrected chi connectivity index (χ3v) is 3.58. The van der Waals surface area contributed by atoms with Crippen molar-refractivity contribution in [2.24, 2.45) is 4.99 Å². The van der Waals surface area contributed by atoms with Gasteiger partial charge in [0.15, 0.2) is 0 Å². The van der Waals surface area contributed by atoms with Crippen molar-refractivity contribution < 1.29 is 13.2 Å². The zero-order valence-electron chi connectivity index (χ0n) is 13.1. The van der Waals surface area contributed by atoms with E-state index in [1.54, 1.807) is 6.21 Å². The Hall–Kier alpha value is -2.30. The molecule has 0 aliphatic rings. The highest BCUT2D eigenvalue weighted by atomic mass is 19.4. The maximum absolute atomic E-state index is 12.5. The number of hydrogen-bond donors (Lipinski definition) is 0. The lowest BCUT2D eigenvalue weighted by atomic mass is 10.2. The summed E-state index contributed by atoms with van der Waals surface area (Å²) in [5.74, 6) is 0. The van der Waals surface area contributed by atoms with Gasteiger partial charge in [0, 0.05) is 25.0 Å². The largest absolute Gasteiger partial charge is 0.416 e. The molecular weight excluding hydrogens is 301 g/mol. The predicted molar refractivity (Wildman–Crippen MR) is 88.7 cm³/mol. The number of hydrogen-bond acceptors (Lipinski definition) is 2. The smallest absolute Gasteiger partial charge is 0.372 e. The minimum atomic E-state index is -4.32. The number of nitrogens with zero attached hydrogens (tertiary/aromatic N) is 2. The fourth-order valence-electron chi connectivity index (χ4n) is 2.25. The molecule has 122 valence electrons. The normalized spacial score (nSPS) is 11.9. The van der Waals surface area contributed by atoms with Gasteiger partial charge in [-0.1, -0.05) is 12.1 Å². The summed E-state index contributed by atoms with van der Waals surface area (Å²) in [4.78, 5) is 6.44. The second kappa shape index (κ2) is 7.31. The molecule has 0 radical (unpaired) electrons. The summed E-state index contributed by atoms with van der Waals surface area (Å²) >= 11 is 0. The number of halogens is 3. The lowest BCUT2D eigenvalue weighted by molar-refractivity contribution is -0.137. The van der Waals surface area contributed by atoms with Crippen molar-refractivity contribution in [3.05, 3.63) is 59.7 Å². The standard InChI is InChI=1S/C18H19F3N2/c1-3-23(4-2)17-11-5-14(6-12-17)13-22-16-9-7-15(8-10-16)18(19,20)21/h5-13H,3-4H2,1-2H3/b22-13+. The van der Waals surface area contributed by atoms with Crippen LogP contribution >= 0.6 is 0 Å². The summed E-state index contributed by atoms with van der Waals surface area (Å²) in [6.07, 6.45) is -2.67. The van der Waals surface area contributed by atoms with Crippen molar-refractivity contribution in [1.82, 2.24) is 0 Å². The first kappa shape index (κ1) is 17.1. The molecule has 0 fully saturated rings. The predicted octanol–water partition coefficient (Wildman–Crippen LogP) is 5.30. The summed E-state index contributed by atoms with van der Waals surface area (Å²) in [5.41, 5.74) is 1.87. The van der Waals surface area contributed by atoms with E-state index in [1.807, 2.05) is 24.3 Å². The molecule has 2 aromatic rings. The van der Waals surface area contributed by atoms with Crippen LogP contribution in [0.25, 0.3) is 0 Å². The van der Waals surface area contributed by atoms with Crippen molar-refractivity contribution in [1.29, 1.82) is 0 Å². The van der Waals surface area contributed by atoms with Crippen molar-refractivity contribution >= 4 is 17.6 Å². The van der Waals surface area contributed by atoms with E-state index in [2.05, 4.69) is 23.7 Å². The van der Waals surface area contributed by atoms with Gasteiger partial charge in [-0.05, 0) is 55.8 Å². The highest BCUT2D eigenvalue weighted by Gasteiger charge is 2.29. The summed E-state index contributed by atoms with van der Waals surface area (Å²) in [7, 11) is 0. The first-order valence-corrected chi connectivity index (χ1v) is 7.50. The highest BCUT2D eigenvalue weighted by Crippen LogP contribution is 2.30. The molecule has 2 aromatic carbocycles. The van der Waals surface area contributed by atoms with Gasteiger partial charge in [0.05, 0.1) is 11.3 Å². The molecule has 0 saturated carbocycles. The van der Waals surface area contributed by atoms with Gasteiger partial charge in [0.25, 0.3) is 0 Å². The summed E-state index contributed by atoms with van der Waals surface area (Å²) in [6, 6.07) is 12.7. The van der Waals surface area contributed by atoms with Crippen LogP contribution in [0, 0.1) is 0 Å². The topological polar surface area (TPSA) is 15.6 Å². The van der Waals surface area contributed by atoms with Crippen LogP contribution in [0.5, 0.6) is 0 Å². The van der Waals surface area contributed by atoms with Crippen LogP contribution in [-0.4, -0.2) is 19.3 Å². The molecule has 0 spiro atoms. The van der Waals surface area contributed by atoms with Gasteiger partial charge in [-0.15, -0.1) is 0 Å². The third-order valence-electron chi connectivity index (χ3n) is 3.58. The monoisotopic (exact) mass is 320 g/mol. The van der Waals surface area contributed by atoms with E-state index in [0.29, 0.717) is 5.69 Å². The number of alkyl halides is 3. The van der Waals surface area contributed by atoms with E-state index in [0.717, 1.165) is 36.5 Å². The first-order chi connectivity index (χ1) is 10.9. The fourth-order valence-corrected chi connectivity index (χ4v) is 2.25. The second-order valence-corrected chi connectivity index (χ2v) is 5.07. The van der Waals surface area contributed by atoms with E-state index in [1.165, 1.54) is 12.1 Å². The molecule has 0 bridgehead atoms. The van der Waals surface area contributed by atoms with Crippen LogP contribution < -0.4 is 4.90 Å². The molecule has 0 atom stereocenters. The minimum absolute atomic E-state index is 0.491. The first-order valence-electron chi connectivity index (χ1n) is 7.50. The van der Waals surface area contributed by atoms with Crippen LogP contribution in [0.15, 0.2) is 53.5 Å². The summed E-state index contributed by atoms with van der Waals surface area (Å²) in [6.45, 7) is 6.08. The van der Waals surface area contributed by atoms with Crippen LogP contribution in [0.2, 0.25) is 0 Å². The maximum Gasteiger partial charge on any atom is 0.416 e. The van der Waals surface area contributed by atoms with E-state index in [-0.39, 0.29) is 0 Å². The molecule has 23 heavy (non-hydrogen) atoms. The third kappa shape index (κ3) is 4.58. The Morgan fingerprint density at radius 3 is 1.96 bits per heavy atom. The van der Waals surface area contributed by atoms with Gasteiger partial charge in [0.1, 0.15) is 0 Å². The summed E-state index contributed by atoms with van der Waals surface area (Å²) in [5, 5.41) is 0. The van der Waals surface area contributed by atoms with Crippen molar-refractivity contribution in [3.8, 4) is 0 Å². The molecule has 5 heteroatoms. The van der Waals surface area contributed by atoms with Crippen molar-refractivity contribution in [2.75, 3.05) is 18.0 Å². The zero-order chi connectivity index (χ0) is 16.9. The van der Waals surface area contributed by atoms with Crippen molar-refractivity contribution in [3.63, 3.8) is 0 Å². The molecule has 0 heterocycles. The summed E-state index contributed by atoms with van der Waals surface area (Å²) < 4.78 is 37.5. The van der Waals surface area contributed by atoms with Gasteiger partial charge in [-0.2, -0.15) is 13.2 Å². The Bertz CT molecular complexity index is 639. The van der Waals surface area contributed by atoms with Gasteiger partial charge in [0.2, 0.25) is 0 Å². The van der Waals surface area contributed by atoms with Crippen LogP contribution in [0.3, 0.4) is 0 Å². The molecule has 0 aliphatic carbocycles. The number of anilines is 1. The van der Waals surface area contributed by atoms with E-state index < -0.39 is 11.7 Å². The Balaban J connectivity index is 2.08. The molecule has 0 unspecified atom stereocenters. The number of benzene rings is 2. The zero-order valence-corrected chi connectivity index (χ0v) is 13.1. The Labute approximate surface area is 134 Å². The average molecular weight is 320 g/mol. The second-order valence-electron chi connectivity index (χ2n) is 5.07. The van der Waals surface area contributed by atoms with E-state index in [9.17, 15) is 13.2 Å². The molecule has 0 aromatic heterocycles. The average Bonchev–Trinajstić information content (AvgIpc) is 2.55. The van der Waals surface area contributed by atoms with Gasteiger partial charge >= 0.3 is 6.18 Å². The lowest BCUT2D eigenvalue weighted by Crippen LogP contribution is -2.21. The molecule has 0 N–H and O–H groups in total. The molecule has 2 nitrogen and oxygen atoms in total. The Morgan fingerprint density at radius 1 is 0.913 bits per heavy atom. The minimum Gasteiger partial charge on any atom is -0.372 e. The molecule has 2 rings (SSSR count). The van der Waals surface area contributed by atoms with Gasteiger partial charge < -0.3 is 4.90 Å². The highest BCUT2D eigenvalue weighted by molar-refractivity contribution is 5.82. The molecular formula is C18H19F3N2. The maximum atomic E-state index is 12.5. The van der Waals surface area contributed by atoms with E-state index in [4.69, 9.17) is 0 Å². The van der Waals surface area contributed by atoms with E-state index >= 15 is 0 Å². The number of aliphatic imine (C=N–C) groups is 1. The van der Waals surface area contributed by atoms with Crippen LogP contribution in [0.1, 0.15) is 25.0 Å². The van der Waals surface area contributed by atoms with Crippen molar-refractivity contribution in [2.45, 2.75) is 20.0 Å². The van der Waals surface area contributed by atoms with Crippen LogP contribution in [-0.2, 0) is 6.18 Å². The molecule has 0 saturated heterocycles. The SMILES string of the molecule is CCN(CC)c1ccc(/C=N/c2ccc(C(F)(F)F)cc2)cc1. The quantitative estimate of drug-likeness (QED) is 0.682. The number of rotatable bonds is 5.